The van der Waals surface area contributed by atoms with Crippen molar-refractivity contribution in [3.05, 3.63) is 35.9 Å². The first kappa shape index (κ1) is 15.5. The molecule has 120 valence electrons. The van der Waals surface area contributed by atoms with Crippen LogP contribution in [0.2, 0.25) is 0 Å². The number of ether oxygens (including phenoxy) is 1. The van der Waals surface area contributed by atoms with Crippen molar-refractivity contribution in [1.29, 1.82) is 0 Å². The van der Waals surface area contributed by atoms with Crippen LogP contribution in [0.5, 0.6) is 0 Å². The minimum absolute atomic E-state index is 0.00266. The lowest BCUT2D eigenvalue weighted by Crippen LogP contribution is -2.41. The summed E-state index contributed by atoms with van der Waals surface area (Å²) in [5.74, 6) is 0.0210. The van der Waals surface area contributed by atoms with E-state index in [9.17, 15) is 4.79 Å². The van der Waals surface area contributed by atoms with Crippen LogP contribution in [0.3, 0.4) is 0 Å². The third-order valence-electron chi connectivity index (χ3n) is 5.15. The molecule has 3 heteroatoms. The van der Waals surface area contributed by atoms with Crippen molar-refractivity contribution in [2.24, 2.45) is 5.92 Å². The molecule has 1 saturated heterocycles. The lowest BCUT2D eigenvalue weighted by molar-refractivity contribution is -0.146. The normalized spacial score (nSPS) is 28.3. The van der Waals surface area contributed by atoms with Gasteiger partial charge in [0.2, 0.25) is 0 Å². The maximum Gasteiger partial charge on any atom is 0.311 e. The van der Waals surface area contributed by atoms with E-state index in [1.165, 1.54) is 24.8 Å². The van der Waals surface area contributed by atoms with Gasteiger partial charge >= 0.3 is 5.97 Å². The van der Waals surface area contributed by atoms with E-state index in [0.29, 0.717) is 6.61 Å². The van der Waals surface area contributed by atoms with Crippen LogP contribution < -0.4 is 0 Å². The Hall–Kier alpha value is -1.35. The quantitative estimate of drug-likeness (QED) is 0.592. The van der Waals surface area contributed by atoms with Crippen LogP contribution in [0.25, 0.3) is 0 Å². The zero-order valence-electron chi connectivity index (χ0n) is 13.6. The van der Waals surface area contributed by atoms with Crippen molar-refractivity contribution in [3.63, 3.8) is 0 Å². The van der Waals surface area contributed by atoms with Gasteiger partial charge in [-0.05, 0) is 44.3 Å². The predicted molar refractivity (Wildman–Crippen MR) is 87.5 cm³/mol. The number of benzene rings is 1. The standard InChI is InChI=1S/C19H27NO2/c1-2-3-14-22-18(21)17-15-19(17,16-10-6-4-7-11-16)20-12-8-5-9-13-20/h4,6-7,10-11,17H,2-3,5,8-9,12-15H2,1H3. The van der Waals surface area contributed by atoms with E-state index >= 15 is 0 Å². The van der Waals surface area contributed by atoms with Gasteiger partial charge in [0.15, 0.2) is 0 Å². The highest BCUT2D eigenvalue weighted by Crippen LogP contribution is 2.57. The topological polar surface area (TPSA) is 29.5 Å². The van der Waals surface area contributed by atoms with Crippen LogP contribution in [-0.4, -0.2) is 30.6 Å². The summed E-state index contributed by atoms with van der Waals surface area (Å²) in [5.41, 5.74) is 1.19. The first-order chi connectivity index (χ1) is 10.8. The molecule has 3 nitrogen and oxygen atoms in total. The molecule has 2 atom stereocenters. The lowest BCUT2D eigenvalue weighted by atomic mass is 9.97. The van der Waals surface area contributed by atoms with Crippen LogP contribution in [0, 0.1) is 5.92 Å². The number of carbonyl (C=O) groups excluding carboxylic acids is 1. The van der Waals surface area contributed by atoms with E-state index in [-0.39, 0.29) is 17.4 Å². The molecule has 22 heavy (non-hydrogen) atoms. The van der Waals surface area contributed by atoms with Crippen molar-refractivity contribution >= 4 is 5.97 Å². The smallest absolute Gasteiger partial charge is 0.311 e. The first-order valence-corrected chi connectivity index (χ1v) is 8.76. The molecule has 2 fully saturated rings. The number of likely N-dealkylation sites (tertiary alicyclic amines) is 1. The Kier molecular flexibility index (Phi) is 4.82. The first-order valence-electron chi connectivity index (χ1n) is 8.76. The molecule has 0 radical (unpaired) electrons. The second-order valence-electron chi connectivity index (χ2n) is 6.62. The van der Waals surface area contributed by atoms with Crippen molar-refractivity contribution < 1.29 is 9.53 Å². The van der Waals surface area contributed by atoms with Gasteiger partial charge in [-0.25, -0.2) is 0 Å². The van der Waals surface area contributed by atoms with Crippen molar-refractivity contribution in [3.8, 4) is 0 Å². The van der Waals surface area contributed by atoms with Gasteiger partial charge in [-0.1, -0.05) is 50.1 Å². The molecular formula is C19H27NO2. The third kappa shape index (κ3) is 2.91. The number of nitrogens with zero attached hydrogens (tertiary/aromatic N) is 1. The molecule has 1 aliphatic carbocycles. The van der Waals surface area contributed by atoms with Crippen molar-refractivity contribution in [2.75, 3.05) is 19.7 Å². The Balaban J connectivity index is 1.76. The Labute approximate surface area is 133 Å². The number of hydrogen-bond acceptors (Lipinski definition) is 3. The minimum Gasteiger partial charge on any atom is -0.465 e. The molecule has 1 aromatic carbocycles. The van der Waals surface area contributed by atoms with Crippen molar-refractivity contribution in [1.82, 2.24) is 4.90 Å². The summed E-state index contributed by atoms with van der Waals surface area (Å²) in [6.07, 6.45) is 6.74. The van der Waals surface area contributed by atoms with E-state index in [4.69, 9.17) is 4.74 Å². The molecule has 3 rings (SSSR count). The zero-order chi connectivity index (χ0) is 15.4. The fourth-order valence-corrected chi connectivity index (χ4v) is 3.82. The maximum absolute atomic E-state index is 12.5. The Morgan fingerprint density at radius 3 is 2.64 bits per heavy atom. The van der Waals surface area contributed by atoms with E-state index in [2.05, 4.69) is 36.1 Å². The van der Waals surface area contributed by atoms with Crippen LogP contribution in [0.1, 0.15) is 51.0 Å². The Morgan fingerprint density at radius 2 is 1.95 bits per heavy atom. The van der Waals surface area contributed by atoms with E-state index < -0.39 is 0 Å². The van der Waals surface area contributed by atoms with Gasteiger partial charge in [0.1, 0.15) is 0 Å². The average Bonchev–Trinajstić information content (AvgIpc) is 3.34. The summed E-state index contributed by atoms with van der Waals surface area (Å²) in [6.45, 7) is 4.89. The van der Waals surface area contributed by atoms with Gasteiger partial charge < -0.3 is 4.74 Å². The second-order valence-corrected chi connectivity index (χ2v) is 6.62. The van der Waals surface area contributed by atoms with E-state index in [1.807, 2.05) is 6.07 Å². The number of piperidine rings is 1. The molecule has 0 N–H and O–H groups in total. The number of esters is 1. The highest BCUT2D eigenvalue weighted by atomic mass is 16.5. The predicted octanol–water partition coefficient (Wildman–Crippen LogP) is 3.73. The van der Waals surface area contributed by atoms with Crippen LogP contribution in [0.15, 0.2) is 30.3 Å². The van der Waals surface area contributed by atoms with Crippen LogP contribution >= 0.6 is 0 Å². The highest BCUT2D eigenvalue weighted by molar-refractivity contribution is 5.79. The monoisotopic (exact) mass is 301 g/mol. The third-order valence-corrected chi connectivity index (χ3v) is 5.15. The Morgan fingerprint density at radius 1 is 1.23 bits per heavy atom. The van der Waals surface area contributed by atoms with Crippen LogP contribution in [0.4, 0.5) is 0 Å². The summed E-state index contributed by atoms with van der Waals surface area (Å²) in [6, 6.07) is 10.6. The Bertz CT molecular complexity index is 495. The van der Waals surface area contributed by atoms with E-state index in [0.717, 1.165) is 32.4 Å². The molecule has 1 aliphatic heterocycles. The maximum atomic E-state index is 12.5. The van der Waals surface area contributed by atoms with Gasteiger partial charge in [-0.2, -0.15) is 0 Å². The minimum atomic E-state index is -0.0923. The highest BCUT2D eigenvalue weighted by Gasteiger charge is 2.63. The zero-order valence-corrected chi connectivity index (χ0v) is 13.6. The van der Waals surface area contributed by atoms with E-state index in [1.54, 1.807) is 0 Å². The molecule has 0 aromatic heterocycles. The van der Waals surface area contributed by atoms with Gasteiger partial charge in [-0.3, -0.25) is 9.69 Å². The van der Waals surface area contributed by atoms with Crippen molar-refractivity contribution in [2.45, 2.75) is 51.0 Å². The molecule has 2 unspecified atom stereocenters. The number of unbranched alkanes of at least 4 members (excludes halogenated alkanes) is 1. The summed E-state index contributed by atoms with van der Waals surface area (Å²) in [4.78, 5) is 15.0. The molecule has 0 spiro atoms. The fraction of sp³-hybridized carbons (Fsp3) is 0.632. The molecular weight excluding hydrogens is 274 g/mol. The summed E-state index contributed by atoms with van der Waals surface area (Å²) in [5, 5.41) is 0. The molecule has 0 bridgehead atoms. The average molecular weight is 301 g/mol. The summed E-state index contributed by atoms with van der Waals surface area (Å²) in [7, 11) is 0. The largest absolute Gasteiger partial charge is 0.465 e. The number of hydrogen-bond donors (Lipinski definition) is 0. The SMILES string of the molecule is CCCCOC(=O)C1CC1(c1ccccc1)N1CCCCC1. The molecule has 1 heterocycles. The van der Waals surface area contributed by atoms with Gasteiger partial charge in [0, 0.05) is 0 Å². The second kappa shape index (κ2) is 6.82. The summed E-state index contributed by atoms with van der Waals surface area (Å²) < 4.78 is 5.51. The van der Waals surface area contributed by atoms with Gasteiger partial charge in [0.25, 0.3) is 0 Å². The lowest BCUT2D eigenvalue weighted by Gasteiger charge is -2.36. The summed E-state index contributed by atoms with van der Waals surface area (Å²) >= 11 is 0. The number of rotatable bonds is 6. The molecule has 2 aliphatic rings. The van der Waals surface area contributed by atoms with Gasteiger partial charge in [0.05, 0.1) is 18.1 Å². The van der Waals surface area contributed by atoms with Crippen LogP contribution in [-0.2, 0) is 15.1 Å². The molecule has 1 aromatic rings. The molecule has 1 saturated carbocycles. The molecule has 0 amide bonds. The van der Waals surface area contributed by atoms with Gasteiger partial charge in [-0.15, -0.1) is 0 Å². The number of carbonyl (C=O) groups is 1. The fourth-order valence-electron chi connectivity index (χ4n) is 3.82.